The molecule has 0 saturated carbocycles. The summed E-state index contributed by atoms with van der Waals surface area (Å²) < 4.78 is 0. The van der Waals surface area contributed by atoms with Crippen LogP contribution in [0.4, 0.5) is 5.82 Å². The fourth-order valence-corrected chi connectivity index (χ4v) is 3.90. The van der Waals surface area contributed by atoms with Gasteiger partial charge in [-0.25, -0.2) is 4.98 Å². The van der Waals surface area contributed by atoms with Gasteiger partial charge >= 0.3 is 0 Å². The number of nitrogen functional groups attached to an aromatic ring is 1. The van der Waals surface area contributed by atoms with E-state index in [1.807, 2.05) is 6.21 Å². The van der Waals surface area contributed by atoms with Crippen LogP contribution in [0.15, 0.2) is 58.6 Å². The second-order valence-corrected chi connectivity index (χ2v) is 8.50. The highest BCUT2D eigenvalue weighted by Gasteiger charge is 2.20. The minimum atomic E-state index is -0.169. The van der Waals surface area contributed by atoms with Gasteiger partial charge in [-0.05, 0) is 54.6 Å². The first-order chi connectivity index (χ1) is 15.4. The Morgan fingerprint density at radius 3 is 2.81 bits per heavy atom. The van der Waals surface area contributed by atoms with Crippen molar-refractivity contribution in [3.63, 3.8) is 0 Å². The lowest BCUT2D eigenvalue weighted by Crippen LogP contribution is -2.33. The summed E-state index contributed by atoms with van der Waals surface area (Å²) in [4.78, 5) is 28.3. The van der Waals surface area contributed by atoms with Crippen molar-refractivity contribution in [1.29, 1.82) is 5.26 Å². The van der Waals surface area contributed by atoms with E-state index in [0.29, 0.717) is 33.9 Å². The standard InChI is InChI=1S/C23H20ClN6OP/c24-18-9-16-8-15(4-6-19(16)29-22(18)26)23(31)30(13-20-21(32)2-1-7-27-20)12-17-5-3-14(10-25)11-28-17/h3-9,11H,1-2,12-13,32H2,(H2,26,29). The molecule has 4 rings (SSSR count). The average molecular weight is 463 g/mol. The molecule has 3 aromatic rings. The highest BCUT2D eigenvalue weighted by atomic mass is 35.5. The number of carbonyl (C=O) groups is 1. The van der Waals surface area contributed by atoms with E-state index in [4.69, 9.17) is 22.6 Å². The normalized spacial score (nSPS) is 13.3. The van der Waals surface area contributed by atoms with Gasteiger partial charge in [-0.1, -0.05) is 11.6 Å². The van der Waals surface area contributed by atoms with Crippen LogP contribution in [0.5, 0.6) is 0 Å². The van der Waals surface area contributed by atoms with E-state index in [9.17, 15) is 4.79 Å². The van der Waals surface area contributed by atoms with Crippen LogP contribution in [0, 0.1) is 11.3 Å². The van der Waals surface area contributed by atoms with Gasteiger partial charge in [0.15, 0.2) is 0 Å². The van der Waals surface area contributed by atoms with Crippen molar-refractivity contribution in [2.24, 2.45) is 4.99 Å². The highest BCUT2D eigenvalue weighted by Crippen LogP contribution is 2.26. The Balaban J connectivity index is 1.68. The van der Waals surface area contributed by atoms with Gasteiger partial charge in [-0.3, -0.25) is 14.8 Å². The van der Waals surface area contributed by atoms with Crippen LogP contribution in [0.3, 0.4) is 0 Å². The Kier molecular flexibility index (Phi) is 6.45. The van der Waals surface area contributed by atoms with Crippen molar-refractivity contribution in [3.05, 3.63) is 75.4 Å². The maximum absolute atomic E-state index is 13.5. The molecule has 7 nitrogen and oxygen atoms in total. The molecule has 0 aliphatic carbocycles. The fourth-order valence-electron chi connectivity index (χ4n) is 3.41. The summed E-state index contributed by atoms with van der Waals surface area (Å²) in [6, 6.07) is 12.5. The molecule has 1 amide bonds. The quantitative estimate of drug-likeness (QED) is 0.567. The van der Waals surface area contributed by atoms with Gasteiger partial charge in [0.1, 0.15) is 11.9 Å². The van der Waals surface area contributed by atoms with Crippen molar-refractivity contribution in [3.8, 4) is 6.07 Å². The minimum Gasteiger partial charge on any atom is -0.382 e. The summed E-state index contributed by atoms with van der Waals surface area (Å²) in [6.45, 7) is 0.620. The lowest BCUT2D eigenvalue weighted by Gasteiger charge is -2.25. The summed E-state index contributed by atoms with van der Waals surface area (Å²) in [5.41, 5.74) is 8.95. The molecule has 3 heterocycles. The van der Waals surface area contributed by atoms with Crippen LogP contribution in [-0.4, -0.2) is 33.5 Å². The number of benzene rings is 1. The van der Waals surface area contributed by atoms with E-state index in [2.05, 4.69) is 30.3 Å². The molecule has 160 valence electrons. The van der Waals surface area contributed by atoms with Gasteiger partial charge < -0.3 is 10.6 Å². The van der Waals surface area contributed by atoms with Gasteiger partial charge in [0.25, 0.3) is 5.91 Å². The van der Waals surface area contributed by atoms with Crippen molar-refractivity contribution in [2.75, 3.05) is 12.3 Å². The first kappa shape index (κ1) is 21.9. The molecule has 1 aliphatic heterocycles. The molecular formula is C23H20ClN6OP. The molecule has 1 atom stereocenters. The molecule has 9 heteroatoms. The third-order valence-electron chi connectivity index (χ3n) is 5.14. The third kappa shape index (κ3) is 4.77. The first-order valence-corrected chi connectivity index (χ1v) is 10.9. The molecular weight excluding hydrogens is 443 g/mol. The van der Waals surface area contributed by atoms with Crippen molar-refractivity contribution in [2.45, 2.75) is 19.4 Å². The third-order valence-corrected chi connectivity index (χ3v) is 6.06. The smallest absolute Gasteiger partial charge is 0.254 e. The number of aromatic nitrogens is 2. The maximum atomic E-state index is 13.5. The van der Waals surface area contributed by atoms with Gasteiger partial charge in [0.2, 0.25) is 0 Å². The summed E-state index contributed by atoms with van der Waals surface area (Å²) in [5.74, 6) is 0.0823. The summed E-state index contributed by atoms with van der Waals surface area (Å²) in [7, 11) is 2.73. The van der Waals surface area contributed by atoms with E-state index in [0.717, 1.165) is 29.2 Å². The number of nitrogens with two attached hydrogens (primary N) is 1. The molecule has 0 spiro atoms. The molecule has 2 N–H and O–H groups in total. The second-order valence-electron chi connectivity index (χ2n) is 7.40. The van der Waals surface area contributed by atoms with Crippen LogP contribution in [0.2, 0.25) is 5.02 Å². The number of halogens is 1. The van der Waals surface area contributed by atoms with Crippen LogP contribution in [-0.2, 0) is 6.54 Å². The SMILES string of the molecule is N#Cc1ccc(CN(CC2=C(P)CCC=N2)C(=O)c2ccc3nc(N)c(Cl)cc3c2)nc1. The zero-order valence-corrected chi connectivity index (χ0v) is 19.0. The number of carbonyl (C=O) groups excluding carboxylic acids is 1. The molecule has 0 radical (unpaired) electrons. The van der Waals surface area contributed by atoms with E-state index >= 15 is 0 Å². The number of aliphatic imine (C=N–C) groups is 1. The molecule has 2 aromatic heterocycles. The number of nitrogens with zero attached hydrogens (tertiary/aromatic N) is 5. The Bertz CT molecular complexity index is 1300. The van der Waals surface area contributed by atoms with Gasteiger partial charge in [0.05, 0.1) is 40.6 Å². The zero-order chi connectivity index (χ0) is 22.7. The highest BCUT2D eigenvalue weighted by molar-refractivity contribution is 7.22. The van der Waals surface area contributed by atoms with Gasteiger partial charge in [0, 0.05) is 23.4 Å². The van der Waals surface area contributed by atoms with Crippen molar-refractivity contribution >= 4 is 49.7 Å². The van der Waals surface area contributed by atoms with Crippen molar-refractivity contribution in [1.82, 2.24) is 14.9 Å². The summed E-state index contributed by atoms with van der Waals surface area (Å²) >= 11 is 6.12. The summed E-state index contributed by atoms with van der Waals surface area (Å²) in [5, 5.41) is 11.2. The van der Waals surface area contributed by atoms with Gasteiger partial charge in [-0.15, -0.1) is 9.24 Å². The molecule has 1 aromatic carbocycles. The number of hydrogen-bond acceptors (Lipinski definition) is 6. The Hall–Kier alpha value is -3.33. The molecule has 0 fully saturated rings. The van der Waals surface area contributed by atoms with E-state index in [-0.39, 0.29) is 18.3 Å². The molecule has 0 saturated heterocycles. The molecule has 1 unspecified atom stereocenters. The lowest BCUT2D eigenvalue weighted by atomic mass is 10.1. The van der Waals surface area contributed by atoms with E-state index in [1.54, 1.807) is 41.3 Å². The number of allylic oxidation sites excluding steroid dienone is 1. The maximum Gasteiger partial charge on any atom is 0.254 e. The van der Waals surface area contributed by atoms with E-state index in [1.165, 1.54) is 6.20 Å². The largest absolute Gasteiger partial charge is 0.382 e. The molecule has 1 aliphatic rings. The molecule has 0 bridgehead atoms. The Morgan fingerprint density at radius 2 is 2.09 bits per heavy atom. The number of amides is 1. The van der Waals surface area contributed by atoms with Crippen LogP contribution in [0.1, 0.15) is 34.5 Å². The van der Waals surface area contributed by atoms with E-state index < -0.39 is 0 Å². The van der Waals surface area contributed by atoms with Crippen LogP contribution in [0.25, 0.3) is 10.9 Å². The zero-order valence-electron chi connectivity index (χ0n) is 17.1. The predicted octanol–water partition coefficient (Wildman–Crippen LogP) is 4.33. The number of nitriles is 1. The minimum absolute atomic E-state index is 0.169. The lowest BCUT2D eigenvalue weighted by molar-refractivity contribution is 0.0756. The molecule has 32 heavy (non-hydrogen) atoms. The monoisotopic (exact) mass is 462 g/mol. The second kappa shape index (κ2) is 9.44. The number of hydrogen-bond donors (Lipinski definition) is 1. The average Bonchev–Trinajstić information content (AvgIpc) is 2.80. The summed E-state index contributed by atoms with van der Waals surface area (Å²) in [6.07, 6.45) is 5.15. The topological polar surface area (TPSA) is 108 Å². The number of fused-ring (bicyclic) bond motifs is 1. The number of pyridine rings is 2. The van der Waals surface area contributed by atoms with Crippen molar-refractivity contribution < 1.29 is 4.79 Å². The van der Waals surface area contributed by atoms with Gasteiger partial charge in [-0.2, -0.15) is 5.26 Å². The van der Waals surface area contributed by atoms with Crippen LogP contribution >= 0.6 is 20.8 Å². The Labute approximate surface area is 192 Å². The van der Waals surface area contributed by atoms with Crippen LogP contribution < -0.4 is 5.73 Å². The predicted molar refractivity (Wildman–Crippen MR) is 129 cm³/mol. The Morgan fingerprint density at radius 1 is 1.25 bits per heavy atom. The number of rotatable bonds is 5. The number of anilines is 1. The first-order valence-electron chi connectivity index (χ1n) is 9.94. The fraction of sp³-hybridized carbons (Fsp3) is 0.174.